The maximum absolute atomic E-state index is 13.0. The van der Waals surface area contributed by atoms with Gasteiger partial charge in [-0.25, -0.2) is 8.42 Å². The lowest BCUT2D eigenvalue weighted by atomic mass is 10.0. The first-order chi connectivity index (χ1) is 12.4. The second-order valence-corrected chi connectivity index (χ2v) is 10.4. The van der Waals surface area contributed by atoms with Gasteiger partial charge in [0.15, 0.2) is 0 Å². The third-order valence-corrected chi connectivity index (χ3v) is 7.76. The second-order valence-electron chi connectivity index (χ2n) is 7.33. The van der Waals surface area contributed by atoms with E-state index in [2.05, 4.69) is 31.0 Å². The van der Waals surface area contributed by atoms with Crippen LogP contribution in [0.3, 0.4) is 0 Å². The summed E-state index contributed by atoms with van der Waals surface area (Å²) < 4.78 is 27.6. The van der Waals surface area contributed by atoms with E-state index in [1.54, 1.807) is 27.8 Å². The minimum Gasteiger partial charge on any atom is -0.207 e. The predicted molar refractivity (Wildman–Crippen MR) is 105 cm³/mol. The molecular formula is C19H27N3O2S2. The maximum Gasteiger partial charge on any atom is 0.243 e. The summed E-state index contributed by atoms with van der Waals surface area (Å²) in [6.07, 6.45) is 3.66. The lowest BCUT2D eigenvalue weighted by Gasteiger charge is -2.30. The zero-order valence-corrected chi connectivity index (χ0v) is 17.3. The van der Waals surface area contributed by atoms with Gasteiger partial charge in [0.25, 0.3) is 0 Å². The van der Waals surface area contributed by atoms with Gasteiger partial charge in [0.1, 0.15) is 10.0 Å². The van der Waals surface area contributed by atoms with Gasteiger partial charge in [0.05, 0.1) is 4.90 Å². The number of rotatable bonds is 6. The van der Waals surface area contributed by atoms with E-state index in [1.807, 2.05) is 12.1 Å². The quantitative estimate of drug-likeness (QED) is 0.747. The Morgan fingerprint density at radius 1 is 1.23 bits per heavy atom. The highest BCUT2D eigenvalue weighted by atomic mass is 32.2. The van der Waals surface area contributed by atoms with Gasteiger partial charge in [0.2, 0.25) is 10.0 Å². The van der Waals surface area contributed by atoms with Crippen LogP contribution in [0.2, 0.25) is 0 Å². The SMILES string of the molecule is CCc1ccc(S(=O)(=O)N2CCCC(c3nnc(CC(C)C)s3)C2)cc1. The molecule has 3 rings (SSSR count). The van der Waals surface area contributed by atoms with Gasteiger partial charge in [-0.1, -0.05) is 32.9 Å². The minimum atomic E-state index is -3.45. The normalized spacial score (nSPS) is 19.2. The first kappa shape index (κ1) is 19.5. The molecule has 0 aliphatic carbocycles. The summed E-state index contributed by atoms with van der Waals surface area (Å²) in [4.78, 5) is 0.383. The van der Waals surface area contributed by atoms with E-state index in [0.29, 0.717) is 23.9 Å². The Bertz CT molecular complexity index is 829. The first-order valence-corrected chi connectivity index (χ1v) is 11.6. The molecule has 2 aromatic rings. The van der Waals surface area contributed by atoms with E-state index >= 15 is 0 Å². The summed E-state index contributed by atoms with van der Waals surface area (Å²) in [6.45, 7) is 7.47. The number of benzene rings is 1. The molecule has 1 aromatic heterocycles. The number of nitrogens with zero attached hydrogens (tertiary/aromatic N) is 3. The van der Waals surface area contributed by atoms with E-state index < -0.39 is 10.0 Å². The van der Waals surface area contributed by atoms with Gasteiger partial charge in [0, 0.05) is 25.4 Å². The zero-order valence-electron chi connectivity index (χ0n) is 15.7. The maximum atomic E-state index is 13.0. The standard InChI is InChI=1S/C19H27N3O2S2/c1-4-15-7-9-17(10-8-15)26(23,24)22-11-5-6-16(13-22)19-21-20-18(25-19)12-14(2)3/h7-10,14,16H,4-6,11-13H2,1-3H3. The summed E-state index contributed by atoms with van der Waals surface area (Å²) >= 11 is 1.64. The second kappa shape index (κ2) is 8.15. The summed E-state index contributed by atoms with van der Waals surface area (Å²) in [5.41, 5.74) is 1.15. The third kappa shape index (κ3) is 4.32. The van der Waals surface area contributed by atoms with Crippen molar-refractivity contribution < 1.29 is 8.42 Å². The zero-order chi connectivity index (χ0) is 18.7. The van der Waals surface area contributed by atoms with E-state index in [-0.39, 0.29) is 5.92 Å². The van der Waals surface area contributed by atoms with Crippen LogP contribution in [0.25, 0.3) is 0 Å². The first-order valence-electron chi connectivity index (χ1n) is 9.31. The van der Waals surface area contributed by atoms with Crippen molar-refractivity contribution >= 4 is 21.4 Å². The number of aryl methyl sites for hydroxylation is 1. The number of hydrogen-bond donors (Lipinski definition) is 0. The molecule has 0 bridgehead atoms. The van der Waals surface area contributed by atoms with Crippen LogP contribution in [-0.4, -0.2) is 36.0 Å². The van der Waals surface area contributed by atoms with E-state index in [4.69, 9.17) is 0 Å². The molecule has 0 saturated carbocycles. The van der Waals surface area contributed by atoms with Crippen LogP contribution >= 0.6 is 11.3 Å². The molecule has 0 radical (unpaired) electrons. The predicted octanol–water partition coefficient (Wildman–Crippen LogP) is 3.87. The number of hydrogen-bond acceptors (Lipinski definition) is 5. The molecule has 1 saturated heterocycles. The highest BCUT2D eigenvalue weighted by molar-refractivity contribution is 7.89. The van der Waals surface area contributed by atoms with Crippen molar-refractivity contribution in [1.29, 1.82) is 0 Å². The Morgan fingerprint density at radius 3 is 2.62 bits per heavy atom. The van der Waals surface area contributed by atoms with Crippen LogP contribution in [0, 0.1) is 5.92 Å². The van der Waals surface area contributed by atoms with Gasteiger partial charge < -0.3 is 0 Å². The van der Waals surface area contributed by atoms with Crippen LogP contribution < -0.4 is 0 Å². The van der Waals surface area contributed by atoms with Crippen molar-refractivity contribution in [1.82, 2.24) is 14.5 Å². The fourth-order valence-electron chi connectivity index (χ4n) is 3.27. The number of aromatic nitrogens is 2. The van der Waals surface area contributed by atoms with E-state index in [0.717, 1.165) is 41.3 Å². The Morgan fingerprint density at radius 2 is 1.96 bits per heavy atom. The van der Waals surface area contributed by atoms with Crippen LogP contribution in [0.5, 0.6) is 0 Å². The van der Waals surface area contributed by atoms with Gasteiger partial charge in [-0.15, -0.1) is 21.5 Å². The molecule has 1 unspecified atom stereocenters. The molecule has 5 nitrogen and oxygen atoms in total. The molecular weight excluding hydrogens is 366 g/mol. The topological polar surface area (TPSA) is 63.2 Å². The van der Waals surface area contributed by atoms with E-state index in [1.165, 1.54) is 0 Å². The molecule has 1 fully saturated rings. The fraction of sp³-hybridized carbons (Fsp3) is 0.579. The summed E-state index contributed by atoms with van der Waals surface area (Å²) in [6, 6.07) is 7.25. The molecule has 26 heavy (non-hydrogen) atoms. The molecule has 142 valence electrons. The van der Waals surface area contributed by atoms with Crippen molar-refractivity contribution in [2.24, 2.45) is 5.92 Å². The Kier molecular flexibility index (Phi) is 6.10. The smallest absolute Gasteiger partial charge is 0.207 e. The summed E-state index contributed by atoms with van der Waals surface area (Å²) in [7, 11) is -3.45. The highest BCUT2D eigenvalue weighted by Crippen LogP contribution is 2.32. The monoisotopic (exact) mass is 393 g/mol. The van der Waals surface area contributed by atoms with E-state index in [9.17, 15) is 8.42 Å². The van der Waals surface area contributed by atoms with Gasteiger partial charge in [-0.3, -0.25) is 0 Å². The van der Waals surface area contributed by atoms with Gasteiger partial charge in [-0.05, 0) is 42.9 Å². The Balaban J connectivity index is 1.75. The summed E-state index contributed by atoms with van der Waals surface area (Å²) in [5.74, 6) is 0.692. The molecule has 1 aliphatic heterocycles. The molecule has 1 aromatic carbocycles. The van der Waals surface area contributed by atoms with Crippen molar-refractivity contribution in [3.8, 4) is 0 Å². The van der Waals surface area contributed by atoms with Gasteiger partial charge in [-0.2, -0.15) is 4.31 Å². The molecule has 1 aliphatic rings. The number of sulfonamides is 1. The van der Waals surface area contributed by atoms with Gasteiger partial charge >= 0.3 is 0 Å². The summed E-state index contributed by atoms with van der Waals surface area (Å²) in [5, 5.41) is 10.7. The van der Waals surface area contributed by atoms with Crippen molar-refractivity contribution in [2.75, 3.05) is 13.1 Å². The minimum absolute atomic E-state index is 0.145. The molecule has 0 N–H and O–H groups in total. The lowest BCUT2D eigenvalue weighted by Crippen LogP contribution is -2.39. The highest BCUT2D eigenvalue weighted by Gasteiger charge is 2.32. The van der Waals surface area contributed by atoms with Crippen molar-refractivity contribution in [3.05, 3.63) is 39.8 Å². The van der Waals surface area contributed by atoms with Crippen LogP contribution in [-0.2, 0) is 22.9 Å². The van der Waals surface area contributed by atoms with Crippen molar-refractivity contribution in [2.45, 2.75) is 57.3 Å². The molecule has 0 amide bonds. The number of piperidine rings is 1. The molecule has 2 heterocycles. The average Bonchev–Trinajstić information content (AvgIpc) is 3.09. The molecule has 0 spiro atoms. The average molecular weight is 394 g/mol. The fourth-order valence-corrected chi connectivity index (χ4v) is 5.98. The molecule has 7 heteroatoms. The van der Waals surface area contributed by atoms with Crippen LogP contribution in [0.1, 0.15) is 55.1 Å². The van der Waals surface area contributed by atoms with Crippen molar-refractivity contribution in [3.63, 3.8) is 0 Å². The Hall–Kier alpha value is -1.31. The largest absolute Gasteiger partial charge is 0.243 e. The third-order valence-electron chi connectivity index (χ3n) is 4.77. The van der Waals surface area contributed by atoms with Crippen LogP contribution in [0.15, 0.2) is 29.2 Å². The molecule has 1 atom stereocenters. The Labute approximate surface area is 160 Å². The lowest BCUT2D eigenvalue weighted by molar-refractivity contribution is 0.314. The van der Waals surface area contributed by atoms with Crippen LogP contribution in [0.4, 0.5) is 0 Å².